The molecule has 106 valence electrons. The minimum Gasteiger partial charge on any atom is -0.465 e. The van der Waals surface area contributed by atoms with Crippen LogP contribution in [0, 0.1) is 0 Å². The van der Waals surface area contributed by atoms with Gasteiger partial charge in [-0.25, -0.2) is 4.79 Å². The van der Waals surface area contributed by atoms with Gasteiger partial charge in [-0.1, -0.05) is 11.6 Å². The number of nitrogens with two attached hydrogens (primary N) is 1. The van der Waals surface area contributed by atoms with Gasteiger partial charge in [0, 0.05) is 33.0 Å². The van der Waals surface area contributed by atoms with Gasteiger partial charge in [-0.05, 0) is 18.6 Å². The molecule has 0 saturated carbocycles. The zero-order valence-electron chi connectivity index (χ0n) is 11.4. The molecule has 6 heteroatoms. The van der Waals surface area contributed by atoms with E-state index in [9.17, 15) is 4.79 Å². The number of nitrogen functional groups attached to an aromatic ring is 1. The molecule has 0 spiro atoms. The number of nitrogens with zero attached hydrogens (tertiary/aromatic N) is 1. The van der Waals surface area contributed by atoms with Crippen LogP contribution in [0.15, 0.2) is 12.1 Å². The summed E-state index contributed by atoms with van der Waals surface area (Å²) in [5, 5.41) is 0.431. The number of carbonyl (C=O) groups is 1. The maximum absolute atomic E-state index is 11.8. The Kier molecular flexibility index (Phi) is 5.92. The fourth-order valence-electron chi connectivity index (χ4n) is 1.83. The number of ether oxygens (including phenoxy) is 2. The van der Waals surface area contributed by atoms with Crippen LogP contribution >= 0.6 is 11.6 Å². The monoisotopic (exact) mass is 286 g/mol. The topological polar surface area (TPSA) is 64.8 Å². The van der Waals surface area contributed by atoms with E-state index in [-0.39, 0.29) is 0 Å². The number of methoxy groups -OCH3 is 2. The summed E-state index contributed by atoms with van der Waals surface area (Å²) in [6, 6.07) is 3.19. The summed E-state index contributed by atoms with van der Waals surface area (Å²) in [7, 11) is 4.84. The Balaban J connectivity index is 3.06. The summed E-state index contributed by atoms with van der Waals surface area (Å²) in [5.74, 6) is -0.456. The zero-order valence-corrected chi connectivity index (χ0v) is 12.2. The molecule has 5 nitrogen and oxygen atoms in total. The molecule has 0 saturated heterocycles. The van der Waals surface area contributed by atoms with Gasteiger partial charge in [0.05, 0.1) is 23.4 Å². The van der Waals surface area contributed by atoms with Crippen molar-refractivity contribution < 1.29 is 14.3 Å². The number of hydrogen-bond acceptors (Lipinski definition) is 5. The van der Waals surface area contributed by atoms with Crippen LogP contribution in [0.2, 0.25) is 5.02 Å². The Morgan fingerprint density at radius 3 is 2.68 bits per heavy atom. The lowest BCUT2D eigenvalue weighted by molar-refractivity contribution is 0.0601. The van der Waals surface area contributed by atoms with E-state index in [1.54, 1.807) is 19.2 Å². The maximum atomic E-state index is 11.8. The molecule has 0 aliphatic rings. The summed E-state index contributed by atoms with van der Waals surface area (Å²) in [4.78, 5) is 13.7. The first kappa shape index (κ1) is 15.6. The highest BCUT2D eigenvalue weighted by Gasteiger charge is 2.19. The number of carbonyl (C=O) groups excluding carboxylic acids is 1. The number of halogens is 1. The molecule has 1 aromatic rings. The third-order valence-corrected chi connectivity index (χ3v) is 3.00. The quantitative estimate of drug-likeness (QED) is 0.493. The summed E-state index contributed by atoms with van der Waals surface area (Å²) in [6.07, 6.45) is 0.828. The molecule has 1 rings (SSSR count). The van der Waals surface area contributed by atoms with E-state index in [1.165, 1.54) is 7.11 Å². The van der Waals surface area contributed by atoms with Gasteiger partial charge in [-0.15, -0.1) is 0 Å². The Morgan fingerprint density at radius 1 is 1.42 bits per heavy atom. The van der Waals surface area contributed by atoms with Crippen LogP contribution in [0.3, 0.4) is 0 Å². The number of anilines is 2. The SMILES string of the molecule is COCCCN(C)c1c(Cl)cc(N)cc1C(=O)OC. The van der Waals surface area contributed by atoms with Crippen molar-refractivity contribution >= 4 is 28.9 Å². The highest BCUT2D eigenvalue weighted by molar-refractivity contribution is 6.34. The van der Waals surface area contributed by atoms with Crippen LogP contribution in [0.4, 0.5) is 11.4 Å². The van der Waals surface area contributed by atoms with E-state index in [0.29, 0.717) is 35.1 Å². The molecule has 0 aromatic heterocycles. The average Bonchev–Trinajstić information content (AvgIpc) is 2.36. The molecule has 0 atom stereocenters. The number of benzene rings is 1. The smallest absolute Gasteiger partial charge is 0.340 e. The standard InChI is InChI=1S/C13H19ClN2O3/c1-16(5-4-6-18-2)12-10(13(17)19-3)7-9(15)8-11(12)14/h7-8H,4-6,15H2,1-3H3. The van der Waals surface area contributed by atoms with Crippen molar-refractivity contribution in [3.05, 3.63) is 22.7 Å². The van der Waals surface area contributed by atoms with E-state index >= 15 is 0 Å². The fraction of sp³-hybridized carbons (Fsp3) is 0.462. The Bertz CT molecular complexity index is 452. The van der Waals surface area contributed by atoms with Gasteiger partial charge in [0.15, 0.2) is 0 Å². The van der Waals surface area contributed by atoms with Gasteiger partial charge in [-0.2, -0.15) is 0 Å². The third-order valence-electron chi connectivity index (χ3n) is 2.71. The van der Waals surface area contributed by atoms with Crippen LogP contribution in [-0.2, 0) is 9.47 Å². The predicted molar refractivity (Wildman–Crippen MR) is 77.0 cm³/mol. The second-order valence-corrected chi connectivity index (χ2v) is 4.57. The lowest BCUT2D eigenvalue weighted by Crippen LogP contribution is -2.23. The number of hydrogen-bond donors (Lipinski definition) is 1. The molecule has 0 aliphatic carbocycles. The summed E-state index contributed by atoms with van der Waals surface area (Å²) < 4.78 is 9.76. The van der Waals surface area contributed by atoms with Crippen LogP contribution < -0.4 is 10.6 Å². The van der Waals surface area contributed by atoms with Gasteiger partial charge >= 0.3 is 5.97 Å². The maximum Gasteiger partial charge on any atom is 0.340 e. The first-order valence-electron chi connectivity index (χ1n) is 5.88. The summed E-state index contributed by atoms with van der Waals surface area (Å²) in [5.41, 5.74) is 7.13. The largest absolute Gasteiger partial charge is 0.465 e. The molecule has 0 amide bonds. The van der Waals surface area contributed by atoms with E-state index < -0.39 is 5.97 Å². The lowest BCUT2D eigenvalue weighted by Gasteiger charge is -2.23. The highest BCUT2D eigenvalue weighted by Crippen LogP contribution is 2.32. The Labute approximate surface area is 118 Å². The van der Waals surface area contributed by atoms with E-state index in [4.69, 9.17) is 26.8 Å². The van der Waals surface area contributed by atoms with E-state index in [1.807, 2.05) is 11.9 Å². The van der Waals surface area contributed by atoms with Gasteiger partial charge in [0.25, 0.3) is 0 Å². The molecule has 0 unspecified atom stereocenters. The number of rotatable bonds is 6. The molecule has 0 aliphatic heterocycles. The van der Waals surface area contributed by atoms with Crippen molar-refractivity contribution in [2.75, 3.05) is 45.1 Å². The zero-order chi connectivity index (χ0) is 14.4. The molecular weight excluding hydrogens is 268 g/mol. The van der Waals surface area contributed by atoms with Crippen molar-refractivity contribution in [3.63, 3.8) is 0 Å². The molecule has 0 bridgehead atoms. The molecule has 0 fully saturated rings. The van der Waals surface area contributed by atoms with Crippen molar-refractivity contribution in [1.29, 1.82) is 0 Å². The first-order valence-corrected chi connectivity index (χ1v) is 6.26. The van der Waals surface area contributed by atoms with Crippen LogP contribution in [-0.4, -0.2) is 40.4 Å². The van der Waals surface area contributed by atoms with E-state index in [2.05, 4.69) is 0 Å². The molecule has 1 aromatic carbocycles. The van der Waals surface area contributed by atoms with Gasteiger partial charge in [-0.3, -0.25) is 0 Å². The Hall–Kier alpha value is -1.46. The predicted octanol–water partition coefficient (Wildman–Crippen LogP) is 2.18. The normalized spacial score (nSPS) is 10.3. The van der Waals surface area contributed by atoms with Crippen LogP contribution in [0.5, 0.6) is 0 Å². The first-order chi connectivity index (χ1) is 9.01. The van der Waals surface area contributed by atoms with Crippen LogP contribution in [0.1, 0.15) is 16.8 Å². The van der Waals surface area contributed by atoms with Crippen molar-refractivity contribution in [2.24, 2.45) is 0 Å². The van der Waals surface area contributed by atoms with Gasteiger partial charge < -0.3 is 20.1 Å². The average molecular weight is 287 g/mol. The summed E-state index contributed by atoms with van der Waals surface area (Å²) in [6.45, 7) is 1.35. The minimum absolute atomic E-state index is 0.368. The lowest BCUT2D eigenvalue weighted by atomic mass is 10.1. The van der Waals surface area contributed by atoms with Crippen molar-refractivity contribution in [1.82, 2.24) is 0 Å². The minimum atomic E-state index is -0.456. The van der Waals surface area contributed by atoms with Crippen molar-refractivity contribution in [3.8, 4) is 0 Å². The molecule has 2 N–H and O–H groups in total. The summed E-state index contributed by atoms with van der Waals surface area (Å²) >= 11 is 6.18. The van der Waals surface area contributed by atoms with Gasteiger partial charge in [0.2, 0.25) is 0 Å². The molecule has 19 heavy (non-hydrogen) atoms. The molecule has 0 heterocycles. The number of esters is 1. The third kappa shape index (κ3) is 4.01. The molecular formula is C13H19ClN2O3. The van der Waals surface area contributed by atoms with Crippen LogP contribution in [0.25, 0.3) is 0 Å². The second-order valence-electron chi connectivity index (χ2n) is 4.16. The second kappa shape index (κ2) is 7.21. The Morgan fingerprint density at radius 2 is 2.11 bits per heavy atom. The highest BCUT2D eigenvalue weighted by atomic mass is 35.5. The molecule has 0 radical (unpaired) electrons. The van der Waals surface area contributed by atoms with Gasteiger partial charge in [0.1, 0.15) is 0 Å². The van der Waals surface area contributed by atoms with Crippen molar-refractivity contribution in [2.45, 2.75) is 6.42 Å². The van der Waals surface area contributed by atoms with E-state index in [0.717, 1.165) is 6.42 Å². The fourth-order valence-corrected chi connectivity index (χ4v) is 2.20.